The highest BCUT2D eigenvalue weighted by molar-refractivity contribution is 7.08. The zero-order valence-electron chi connectivity index (χ0n) is 15.3. The van der Waals surface area contributed by atoms with Crippen molar-refractivity contribution in [3.05, 3.63) is 59.4 Å². The second kappa shape index (κ2) is 8.96. The summed E-state index contributed by atoms with van der Waals surface area (Å²) in [5, 5.41) is 20.5. The van der Waals surface area contributed by atoms with Crippen LogP contribution in [0.5, 0.6) is 11.5 Å². The lowest BCUT2D eigenvalue weighted by Gasteiger charge is -2.11. The molecule has 0 radical (unpaired) electrons. The molecule has 0 bridgehead atoms. The summed E-state index contributed by atoms with van der Waals surface area (Å²) in [6, 6.07) is 14.4. The molecule has 0 saturated heterocycles. The Bertz CT molecular complexity index is 1080. The predicted molar refractivity (Wildman–Crippen MR) is 110 cm³/mol. The number of aromatic nitrogens is 2. The van der Waals surface area contributed by atoms with E-state index in [2.05, 4.69) is 51.3 Å². The molecule has 0 fully saturated rings. The molecule has 7 heteroatoms. The molecule has 0 unspecified atom stereocenters. The molecule has 0 spiro atoms. The van der Waals surface area contributed by atoms with Gasteiger partial charge in [-0.3, -0.25) is 4.79 Å². The maximum Gasteiger partial charge on any atom is 0.290 e. The Labute approximate surface area is 166 Å². The summed E-state index contributed by atoms with van der Waals surface area (Å²) < 4.78 is 10.8. The van der Waals surface area contributed by atoms with Crippen LogP contribution < -0.4 is 9.47 Å². The predicted octanol–water partition coefficient (Wildman–Crippen LogP) is 4.74. The van der Waals surface area contributed by atoms with Gasteiger partial charge in [0.05, 0.1) is 25.9 Å². The van der Waals surface area contributed by atoms with E-state index >= 15 is 0 Å². The molecule has 0 amide bonds. The number of rotatable bonds is 4. The third-order valence-electron chi connectivity index (χ3n) is 4.17. The molecule has 28 heavy (non-hydrogen) atoms. The van der Waals surface area contributed by atoms with E-state index in [9.17, 15) is 0 Å². The third-order valence-corrected chi connectivity index (χ3v) is 4.86. The molecule has 2 heterocycles. The molecule has 0 saturated carbocycles. The van der Waals surface area contributed by atoms with Crippen LogP contribution in [0, 0.1) is 0 Å². The second-order valence-electron chi connectivity index (χ2n) is 5.68. The maximum absolute atomic E-state index is 8.36. The van der Waals surface area contributed by atoms with Gasteiger partial charge >= 0.3 is 0 Å². The van der Waals surface area contributed by atoms with Crippen molar-refractivity contribution in [2.45, 2.75) is 0 Å². The molecule has 0 atom stereocenters. The molecule has 4 aromatic rings. The Balaban J connectivity index is 0.000000706. The summed E-state index contributed by atoms with van der Waals surface area (Å²) in [6.45, 7) is -0.250. The highest BCUT2D eigenvalue weighted by atomic mass is 32.1. The smallest absolute Gasteiger partial charge is 0.290 e. The Hall–Kier alpha value is -3.45. The Morgan fingerprint density at radius 2 is 1.71 bits per heavy atom. The van der Waals surface area contributed by atoms with Crippen molar-refractivity contribution in [3.8, 4) is 33.8 Å². The number of benzene rings is 2. The number of hydrogen-bond acceptors (Lipinski definition) is 6. The number of carbonyl (C=O) groups is 1. The highest BCUT2D eigenvalue weighted by Crippen LogP contribution is 2.36. The van der Waals surface area contributed by atoms with Gasteiger partial charge in [-0.25, -0.2) is 0 Å². The molecule has 2 aromatic heterocycles. The first-order valence-corrected chi connectivity index (χ1v) is 9.24. The quantitative estimate of drug-likeness (QED) is 0.503. The van der Waals surface area contributed by atoms with Gasteiger partial charge in [-0.15, -0.1) is 0 Å². The van der Waals surface area contributed by atoms with E-state index in [-0.39, 0.29) is 6.47 Å². The zero-order chi connectivity index (χ0) is 19.9. The Morgan fingerprint density at radius 1 is 1.00 bits per heavy atom. The molecular formula is C21H18N2O4S. The number of fused-ring (bicyclic) bond motifs is 1. The summed E-state index contributed by atoms with van der Waals surface area (Å²) in [4.78, 5) is 8.36. The second-order valence-corrected chi connectivity index (χ2v) is 6.46. The average molecular weight is 394 g/mol. The van der Waals surface area contributed by atoms with Gasteiger partial charge in [-0.05, 0) is 45.6 Å². The van der Waals surface area contributed by atoms with Crippen molar-refractivity contribution in [2.75, 3.05) is 14.2 Å². The van der Waals surface area contributed by atoms with Crippen LogP contribution in [0.25, 0.3) is 33.2 Å². The zero-order valence-corrected chi connectivity index (χ0v) is 16.1. The molecule has 6 nitrogen and oxygen atoms in total. The van der Waals surface area contributed by atoms with Gasteiger partial charge in [0.25, 0.3) is 6.47 Å². The highest BCUT2D eigenvalue weighted by Gasteiger charge is 2.12. The largest absolute Gasteiger partial charge is 0.493 e. The fourth-order valence-electron chi connectivity index (χ4n) is 2.91. The Morgan fingerprint density at radius 3 is 2.39 bits per heavy atom. The normalized spacial score (nSPS) is 10.1. The number of methoxy groups -OCH3 is 2. The molecular weight excluding hydrogens is 376 g/mol. The van der Waals surface area contributed by atoms with E-state index in [1.807, 2.05) is 12.1 Å². The van der Waals surface area contributed by atoms with Crippen molar-refractivity contribution in [1.29, 1.82) is 0 Å². The van der Waals surface area contributed by atoms with Crippen molar-refractivity contribution in [3.63, 3.8) is 0 Å². The molecule has 0 aliphatic rings. The lowest BCUT2D eigenvalue weighted by Crippen LogP contribution is -1.94. The van der Waals surface area contributed by atoms with E-state index in [1.165, 1.54) is 11.1 Å². The fourth-order valence-corrected chi connectivity index (χ4v) is 3.58. The molecule has 4 rings (SSSR count). The summed E-state index contributed by atoms with van der Waals surface area (Å²) in [6.07, 6.45) is 1.79. The van der Waals surface area contributed by atoms with Crippen LogP contribution in [-0.2, 0) is 4.79 Å². The number of hydrogen-bond donors (Lipinski definition) is 1. The first-order chi connectivity index (χ1) is 13.7. The molecule has 1 N–H and O–H groups in total. The SMILES string of the molecule is COc1cc2nncc(-c3cccc(-c4ccsc4)c3)c2cc1OC.O=CO. The fraction of sp³-hybridized carbons (Fsp3) is 0.0952. The van der Waals surface area contributed by atoms with Crippen molar-refractivity contribution in [1.82, 2.24) is 10.2 Å². The van der Waals surface area contributed by atoms with Gasteiger partial charge in [0.1, 0.15) is 0 Å². The van der Waals surface area contributed by atoms with Crippen LogP contribution in [-0.4, -0.2) is 36.0 Å². The van der Waals surface area contributed by atoms with E-state index < -0.39 is 0 Å². The Kier molecular flexibility index (Phi) is 6.18. The van der Waals surface area contributed by atoms with Gasteiger partial charge in [-0.2, -0.15) is 21.5 Å². The number of thiophene rings is 1. The van der Waals surface area contributed by atoms with E-state index in [1.54, 1.807) is 31.8 Å². The van der Waals surface area contributed by atoms with Gasteiger partial charge in [0.15, 0.2) is 11.5 Å². The average Bonchev–Trinajstić information content (AvgIpc) is 3.28. The molecule has 2 aromatic carbocycles. The third kappa shape index (κ3) is 3.94. The molecule has 142 valence electrons. The minimum atomic E-state index is -0.250. The minimum absolute atomic E-state index is 0.250. The van der Waals surface area contributed by atoms with Gasteiger partial charge in [0.2, 0.25) is 0 Å². The maximum atomic E-state index is 8.36. The van der Waals surface area contributed by atoms with Gasteiger partial charge in [-0.1, -0.05) is 18.2 Å². The topological polar surface area (TPSA) is 81.5 Å². The van der Waals surface area contributed by atoms with Gasteiger partial charge in [0, 0.05) is 17.0 Å². The first-order valence-electron chi connectivity index (χ1n) is 8.30. The van der Waals surface area contributed by atoms with Crippen molar-refractivity contribution < 1.29 is 19.4 Å². The van der Waals surface area contributed by atoms with Crippen LogP contribution in [0.4, 0.5) is 0 Å². The van der Waals surface area contributed by atoms with Gasteiger partial charge < -0.3 is 14.6 Å². The van der Waals surface area contributed by atoms with Crippen molar-refractivity contribution >= 4 is 28.7 Å². The summed E-state index contributed by atoms with van der Waals surface area (Å²) in [5.41, 5.74) is 5.29. The van der Waals surface area contributed by atoms with E-state index in [4.69, 9.17) is 19.4 Å². The van der Waals surface area contributed by atoms with Crippen LogP contribution in [0.2, 0.25) is 0 Å². The lowest BCUT2D eigenvalue weighted by atomic mass is 9.99. The standard InChI is InChI=1S/C20H16N2O2S.CH2O2/c1-23-19-9-16-17(11-21-22-18(16)10-20(19)24-2)14-5-3-4-13(8-14)15-6-7-25-12-15;2-1-3/h3-12H,1-2H3;1H,(H,2,3). The first kappa shape index (κ1) is 19.3. The van der Waals surface area contributed by atoms with E-state index in [0.29, 0.717) is 11.5 Å². The summed E-state index contributed by atoms with van der Waals surface area (Å²) in [5.74, 6) is 1.33. The number of nitrogens with zero attached hydrogens (tertiary/aromatic N) is 2. The number of carboxylic acid groups (broad SMARTS) is 1. The molecule has 0 aliphatic heterocycles. The van der Waals surface area contributed by atoms with Crippen LogP contribution in [0.3, 0.4) is 0 Å². The van der Waals surface area contributed by atoms with Crippen LogP contribution in [0.15, 0.2) is 59.4 Å². The minimum Gasteiger partial charge on any atom is -0.493 e. The summed E-state index contributed by atoms with van der Waals surface area (Å²) in [7, 11) is 3.25. The monoisotopic (exact) mass is 394 g/mol. The van der Waals surface area contributed by atoms with Crippen LogP contribution in [0.1, 0.15) is 0 Å². The van der Waals surface area contributed by atoms with E-state index in [0.717, 1.165) is 22.0 Å². The number of ether oxygens (including phenoxy) is 2. The lowest BCUT2D eigenvalue weighted by molar-refractivity contribution is -0.122. The van der Waals surface area contributed by atoms with Crippen LogP contribution >= 0.6 is 11.3 Å². The van der Waals surface area contributed by atoms with Crippen molar-refractivity contribution in [2.24, 2.45) is 0 Å². The summed E-state index contributed by atoms with van der Waals surface area (Å²) >= 11 is 1.69. The molecule has 0 aliphatic carbocycles.